The molecule has 0 aliphatic carbocycles. The summed E-state index contributed by atoms with van der Waals surface area (Å²) in [4.78, 5) is 3.93. The van der Waals surface area contributed by atoms with Gasteiger partial charge < -0.3 is 4.57 Å². The molecular formula is C11H9FN2. The van der Waals surface area contributed by atoms with E-state index in [9.17, 15) is 4.39 Å². The summed E-state index contributed by atoms with van der Waals surface area (Å²) in [5, 5.41) is 0. The van der Waals surface area contributed by atoms with Gasteiger partial charge >= 0.3 is 0 Å². The highest BCUT2D eigenvalue weighted by atomic mass is 19.1. The van der Waals surface area contributed by atoms with Crippen molar-refractivity contribution in [3.63, 3.8) is 0 Å². The molecule has 3 heteroatoms. The van der Waals surface area contributed by atoms with Crippen LogP contribution in [0, 0.1) is 19.7 Å². The number of hydrogen-bond acceptors (Lipinski definition) is 1. The maximum Gasteiger partial charge on any atom is 0.147 e. The molecule has 1 heterocycles. The smallest absolute Gasteiger partial charge is 0.147 e. The Kier molecular flexibility index (Phi) is 2.08. The molecule has 0 saturated carbocycles. The van der Waals surface area contributed by atoms with Gasteiger partial charge in [-0.05, 0) is 31.5 Å². The summed E-state index contributed by atoms with van der Waals surface area (Å²) in [6, 6.07) is 4.60. The van der Waals surface area contributed by atoms with Crippen molar-refractivity contribution in [2.75, 3.05) is 0 Å². The number of rotatable bonds is 1. The minimum atomic E-state index is -0.342. The van der Waals surface area contributed by atoms with Crippen LogP contribution >= 0.6 is 0 Å². The minimum Gasteiger partial charge on any atom is -0.301 e. The summed E-state index contributed by atoms with van der Waals surface area (Å²) in [5.41, 5.74) is 1.77. The highest BCUT2D eigenvalue weighted by Crippen LogP contribution is 2.16. The lowest BCUT2D eigenvalue weighted by atomic mass is 10.2. The first kappa shape index (κ1) is 8.94. The van der Waals surface area contributed by atoms with Gasteiger partial charge in [-0.3, -0.25) is 0 Å². The Bertz CT molecular complexity index is 460. The average Bonchev–Trinajstić information content (AvgIpc) is 2.52. The molecule has 0 atom stereocenters. The number of benzene rings is 1. The zero-order valence-corrected chi connectivity index (χ0v) is 7.74. The highest BCUT2D eigenvalue weighted by Gasteiger charge is 2.05. The van der Waals surface area contributed by atoms with Crippen molar-refractivity contribution in [3.8, 4) is 5.69 Å². The predicted molar refractivity (Wildman–Crippen MR) is 51.7 cm³/mol. The lowest BCUT2D eigenvalue weighted by Crippen LogP contribution is -1.98. The minimum absolute atomic E-state index is 0.342. The topological polar surface area (TPSA) is 17.8 Å². The molecule has 0 bridgehead atoms. The van der Waals surface area contributed by atoms with E-state index in [2.05, 4.69) is 4.98 Å². The van der Waals surface area contributed by atoms with Crippen LogP contribution in [0.25, 0.3) is 5.69 Å². The number of nitrogens with zero attached hydrogens (tertiary/aromatic N) is 2. The fourth-order valence-corrected chi connectivity index (χ4v) is 1.33. The third-order valence-corrected chi connectivity index (χ3v) is 2.05. The van der Waals surface area contributed by atoms with Crippen molar-refractivity contribution >= 4 is 0 Å². The van der Waals surface area contributed by atoms with Crippen LogP contribution in [0.5, 0.6) is 0 Å². The molecule has 0 unspecified atom stereocenters. The van der Waals surface area contributed by atoms with Gasteiger partial charge in [0.1, 0.15) is 5.82 Å². The van der Waals surface area contributed by atoms with Crippen LogP contribution in [0.1, 0.15) is 11.3 Å². The highest BCUT2D eigenvalue weighted by molar-refractivity contribution is 5.38. The molecule has 0 aliphatic heterocycles. The molecule has 1 aromatic carbocycles. The molecule has 14 heavy (non-hydrogen) atoms. The molecule has 0 saturated heterocycles. The van der Waals surface area contributed by atoms with Crippen molar-refractivity contribution < 1.29 is 4.39 Å². The lowest BCUT2D eigenvalue weighted by molar-refractivity contribution is 0.616. The van der Waals surface area contributed by atoms with Gasteiger partial charge in [-0.25, -0.2) is 9.37 Å². The largest absolute Gasteiger partial charge is 0.301 e. The van der Waals surface area contributed by atoms with Gasteiger partial charge in [-0.15, -0.1) is 0 Å². The Labute approximate surface area is 82.0 Å². The second-order valence-corrected chi connectivity index (χ2v) is 3.12. The monoisotopic (exact) mass is 188 g/mol. The van der Waals surface area contributed by atoms with E-state index in [1.807, 2.05) is 6.92 Å². The molecule has 70 valence electrons. The zero-order valence-electron chi connectivity index (χ0n) is 7.74. The Morgan fingerprint density at radius 2 is 2.21 bits per heavy atom. The molecule has 0 N–H and O–H groups in total. The first-order valence-corrected chi connectivity index (χ1v) is 4.23. The van der Waals surface area contributed by atoms with E-state index < -0.39 is 0 Å². The van der Waals surface area contributed by atoms with Gasteiger partial charge in [-0.1, -0.05) is 6.07 Å². The third kappa shape index (κ3) is 1.41. The molecule has 0 spiro atoms. The third-order valence-electron chi connectivity index (χ3n) is 2.05. The fraction of sp³-hybridized carbons (Fsp3) is 0.0909. The summed E-state index contributed by atoms with van der Waals surface area (Å²) in [6.45, 7) is 7.32. The van der Waals surface area contributed by atoms with Crippen LogP contribution in [0.3, 0.4) is 0 Å². The first-order valence-electron chi connectivity index (χ1n) is 4.23. The van der Waals surface area contributed by atoms with E-state index >= 15 is 0 Å². The van der Waals surface area contributed by atoms with Gasteiger partial charge in [0, 0.05) is 11.9 Å². The van der Waals surface area contributed by atoms with Crippen LogP contribution in [0.4, 0.5) is 4.39 Å². The maximum atomic E-state index is 13.5. The van der Waals surface area contributed by atoms with Gasteiger partial charge in [0.05, 0.1) is 12.0 Å². The SMILES string of the molecule is [CH]c1ccc(-n2cncc2C)c(F)c1. The van der Waals surface area contributed by atoms with Crippen LogP contribution in [-0.4, -0.2) is 9.55 Å². The van der Waals surface area contributed by atoms with Gasteiger partial charge in [-0.2, -0.15) is 0 Å². The van der Waals surface area contributed by atoms with Gasteiger partial charge in [0.25, 0.3) is 0 Å². The molecule has 1 aromatic heterocycles. The molecule has 2 nitrogen and oxygen atoms in total. The molecular weight excluding hydrogens is 179 g/mol. The summed E-state index contributed by atoms with van der Waals surface area (Å²) >= 11 is 0. The second kappa shape index (κ2) is 3.25. The molecule has 0 aliphatic rings. The summed E-state index contributed by atoms with van der Waals surface area (Å²) < 4.78 is 15.1. The van der Waals surface area contributed by atoms with Crippen molar-refractivity contribution in [2.24, 2.45) is 0 Å². The Hall–Kier alpha value is -1.64. The standard InChI is InChI=1S/C11H9FN2/c1-8-3-4-11(10(12)5-8)14-7-13-6-9(14)2/h1,3-7H,2H3. The Morgan fingerprint density at radius 3 is 2.79 bits per heavy atom. The fourth-order valence-electron chi connectivity index (χ4n) is 1.33. The Morgan fingerprint density at radius 1 is 1.43 bits per heavy atom. The van der Waals surface area contributed by atoms with E-state index in [0.717, 1.165) is 5.69 Å². The zero-order chi connectivity index (χ0) is 10.1. The van der Waals surface area contributed by atoms with Gasteiger partial charge in [0.2, 0.25) is 0 Å². The number of halogens is 1. The average molecular weight is 188 g/mol. The summed E-state index contributed by atoms with van der Waals surface area (Å²) in [5.74, 6) is -0.342. The molecule has 0 amide bonds. The first-order chi connectivity index (χ1) is 6.68. The van der Waals surface area contributed by atoms with Crippen LogP contribution in [0.15, 0.2) is 30.7 Å². The van der Waals surface area contributed by atoms with E-state index in [0.29, 0.717) is 11.3 Å². The predicted octanol–water partition coefficient (Wildman–Crippen LogP) is 2.38. The van der Waals surface area contributed by atoms with E-state index in [1.54, 1.807) is 29.2 Å². The number of aromatic nitrogens is 2. The molecule has 2 aromatic rings. The summed E-state index contributed by atoms with van der Waals surface area (Å²) in [6.07, 6.45) is 3.25. The maximum absolute atomic E-state index is 13.5. The van der Waals surface area contributed by atoms with Crippen molar-refractivity contribution in [1.82, 2.24) is 9.55 Å². The van der Waals surface area contributed by atoms with Crippen LogP contribution < -0.4 is 0 Å². The van der Waals surface area contributed by atoms with Crippen molar-refractivity contribution in [2.45, 2.75) is 6.92 Å². The normalized spacial score (nSPS) is 10.5. The number of hydrogen-bond donors (Lipinski definition) is 0. The molecule has 0 fully saturated rings. The summed E-state index contributed by atoms with van der Waals surface area (Å²) in [7, 11) is 0. The van der Waals surface area contributed by atoms with Crippen molar-refractivity contribution in [1.29, 1.82) is 0 Å². The van der Waals surface area contributed by atoms with Crippen LogP contribution in [0.2, 0.25) is 0 Å². The quantitative estimate of drug-likeness (QED) is 0.671. The molecule has 2 rings (SSSR count). The lowest BCUT2D eigenvalue weighted by Gasteiger charge is -2.06. The van der Waals surface area contributed by atoms with E-state index in [-0.39, 0.29) is 5.82 Å². The van der Waals surface area contributed by atoms with E-state index in [4.69, 9.17) is 6.92 Å². The number of imidazole rings is 1. The Balaban J connectivity index is 2.58. The number of aryl methyl sites for hydroxylation is 1. The van der Waals surface area contributed by atoms with Crippen LogP contribution in [-0.2, 0) is 0 Å². The van der Waals surface area contributed by atoms with E-state index in [1.165, 1.54) is 6.07 Å². The van der Waals surface area contributed by atoms with Gasteiger partial charge in [0.15, 0.2) is 0 Å². The molecule has 2 radical (unpaired) electrons. The van der Waals surface area contributed by atoms with Crippen molar-refractivity contribution in [3.05, 3.63) is 54.7 Å². The second-order valence-electron chi connectivity index (χ2n) is 3.12.